The number of hydrogen-bond acceptors (Lipinski definition) is 8. The number of alkyl carbamates (subject to hydrolysis) is 1. The predicted molar refractivity (Wildman–Crippen MR) is 125 cm³/mol. The van der Waals surface area contributed by atoms with Crippen LogP contribution in [0.1, 0.15) is 42.7 Å². The first-order valence-corrected chi connectivity index (χ1v) is 12.8. The number of unbranched alkanes of at least 4 members (excludes halogenated alkanes) is 1. The van der Waals surface area contributed by atoms with Gasteiger partial charge in [-0.2, -0.15) is 8.42 Å². The van der Waals surface area contributed by atoms with E-state index in [-0.39, 0.29) is 37.0 Å². The Bertz CT molecular complexity index is 1260. The Morgan fingerprint density at radius 2 is 1.61 bits per heavy atom. The molecule has 2 aromatic carbocycles. The molecule has 4 rings (SSSR count). The second kappa shape index (κ2) is 10.5. The Morgan fingerprint density at radius 1 is 1.00 bits per heavy atom. The summed E-state index contributed by atoms with van der Waals surface area (Å²) in [5, 5.41) is 0.704. The number of amides is 3. The first-order chi connectivity index (χ1) is 17.2. The Kier molecular flexibility index (Phi) is 7.36. The Balaban J connectivity index is 1.17. The van der Waals surface area contributed by atoms with Crippen molar-refractivity contribution in [3.63, 3.8) is 0 Å². The number of rotatable bonds is 9. The Hall–Kier alpha value is -3.77. The van der Waals surface area contributed by atoms with Gasteiger partial charge < -0.3 is 14.9 Å². The Morgan fingerprint density at radius 3 is 2.19 bits per heavy atom. The fourth-order valence-corrected chi connectivity index (χ4v) is 5.00. The number of imide groups is 1. The first kappa shape index (κ1) is 25.3. The van der Waals surface area contributed by atoms with Crippen LogP contribution in [0.15, 0.2) is 48.5 Å². The number of hydroxylamine groups is 2. The molecule has 1 fully saturated rings. The third kappa shape index (κ3) is 5.39. The number of carbonyl (C=O) groups excluding carboxylic acids is 4. The molecule has 2 N–H and O–H groups in total. The van der Waals surface area contributed by atoms with E-state index in [1.165, 1.54) is 0 Å². The highest BCUT2D eigenvalue weighted by Gasteiger charge is 2.48. The van der Waals surface area contributed by atoms with Crippen LogP contribution in [0, 0.1) is 0 Å². The number of fused-ring (bicyclic) bond motifs is 3. The van der Waals surface area contributed by atoms with Crippen molar-refractivity contribution in [2.45, 2.75) is 36.9 Å². The average Bonchev–Trinajstić information content (AvgIpc) is 3.32. The van der Waals surface area contributed by atoms with Gasteiger partial charge in [0.25, 0.3) is 21.9 Å². The van der Waals surface area contributed by atoms with Gasteiger partial charge in [0.2, 0.25) is 0 Å². The smallest absolute Gasteiger partial charge is 0.407 e. The Labute approximate surface area is 207 Å². The summed E-state index contributed by atoms with van der Waals surface area (Å²) in [6, 6.07) is 16.0. The molecule has 190 valence electrons. The highest BCUT2D eigenvalue weighted by Crippen LogP contribution is 2.44. The SMILES string of the molecule is O=C(CCCCNC(=O)OCC1c2ccccc2-c2ccccc21)ON1C(=O)CC(S(=O)(=O)O)C1=O. The van der Waals surface area contributed by atoms with Gasteiger partial charge in [-0.25, -0.2) is 9.59 Å². The van der Waals surface area contributed by atoms with Crippen molar-refractivity contribution in [1.29, 1.82) is 0 Å². The third-order valence-corrected chi connectivity index (χ3v) is 7.12. The minimum Gasteiger partial charge on any atom is -0.449 e. The maximum absolute atomic E-state index is 12.2. The molecular weight excluding hydrogens is 492 g/mol. The summed E-state index contributed by atoms with van der Waals surface area (Å²) in [5.41, 5.74) is 4.45. The summed E-state index contributed by atoms with van der Waals surface area (Å²) in [7, 11) is -4.78. The van der Waals surface area contributed by atoms with Gasteiger partial charge in [0.05, 0.1) is 6.42 Å². The van der Waals surface area contributed by atoms with Crippen LogP contribution in [0.4, 0.5) is 4.79 Å². The number of carbonyl (C=O) groups is 4. The van der Waals surface area contributed by atoms with Crippen molar-refractivity contribution in [2.75, 3.05) is 13.2 Å². The van der Waals surface area contributed by atoms with Gasteiger partial charge in [-0.1, -0.05) is 48.5 Å². The lowest BCUT2D eigenvalue weighted by molar-refractivity contribution is -0.197. The highest BCUT2D eigenvalue weighted by atomic mass is 32.2. The van der Waals surface area contributed by atoms with Gasteiger partial charge in [-0.05, 0) is 35.1 Å². The molecule has 11 nitrogen and oxygen atoms in total. The molecule has 1 aliphatic carbocycles. The second-order valence-corrected chi connectivity index (χ2v) is 10.0. The van der Waals surface area contributed by atoms with Crippen LogP contribution < -0.4 is 5.32 Å². The standard InChI is InChI=1S/C24H24N2O9S/c27-21-13-20(36(31,32)33)23(29)26(21)35-22(28)11-5-6-12-25-24(30)34-14-19-17-9-3-1-7-15(17)16-8-2-4-10-18(16)19/h1-4,7-10,19-20H,5-6,11-14H2,(H,25,30)(H,31,32,33). The third-order valence-electron chi connectivity index (χ3n) is 6.04. The highest BCUT2D eigenvalue weighted by molar-refractivity contribution is 7.87. The molecule has 0 aromatic heterocycles. The van der Waals surface area contributed by atoms with Gasteiger partial charge in [0, 0.05) is 18.9 Å². The molecule has 3 amide bonds. The number of nitrogens with zero attached hydrogens (tertiary/aromatic N) is 1. The van der Waals surface area contributed by atoms with Crippen molar-refractivity contribution in [3.8, 4) is 11.1 Å². The minimum atomic E-state index is -4.78. The van der Waals surface area contributed by atoms with Crippen LogP contribution in [-0.4, -0.2) is 60.3 Å². The van der Waals surface area contributed by atoms with Gasteiger partial charge >= 0.3 is 12.1 Å². The van der Waals surface area contributed by atoms with Crippen molar-refractivity contribution in [1.82, 2.24) is 10.4 Å². The first-order valence-electron chi connectivity index (χ1n) is 11.3. The summed E-state index contributed by atoms with van der Waals surface area (Å²) in [4.78, 5) is 52.3. The molecule has 1 aliphatic heterocycles. The fraction of sp³-hybridized carbons (Fsp3) is 0.333. The monoisotopic (exact) mass is 516 g/mol. The molecule has 0 spiro atoms. The van der Waals surface area contributed by atoms with Crippen LogP contribution in [0.2, 0.25) is 0 Å². The van der Waals surface area contributed by atoms with E-state index in [1.807, 2.05) is 48.5 Å². The zero-order valence-corrected chi connectivity index (χ0v) is 19.9. The minimum absolute atomic E-state index is 0.0608. The molecule has 1 saturated heterocycles. The molecule has 2 aromatic rings. The van der Waals surface area contributed by atoms with Crippen LogP contribution in [-0.2, 0) is 34.1 Å². The van der Waals surface area contributed by atoms with Crippen LogP contribution in [0.3, 0.4) is 0 Å². The van der Waals surface area contributed by atoms with Crippen molar-refractivity contribution in [3.05, 3.63) is 59.7 Å². The van der Waals surface area contributed by atoms with Crippen molar-refractivity contribution >= 4 is 34.0 Å². The lowest BCUT2D eigenvalue weighted by atomic mass is 9.98. The number of hydrogen-bond donors (Lipinski definition) is 2. The van der Waals surface area contributed by atoms with Gasteiger partial charge in [0.15, 0.2) is 5.25 Å². The van der Waals surface area contributed by atoms with E-state index in [4.69, 9.17) is 9.29 Å². The summed E-state index contributed by atoms with van der Waals surface area (Å²) < 4.78 is 36.6. The molecule has 1 heterocycles. The topological polar surface area (TPSA) is 156 Å². The van der Waals surface area contributed by atoms with Gasteiger partial charge in [-0.3, -0.25) is 14.1 Å². The van der Waals surface area contributed by atoms with E-state index < -0.39 is 45.7 Å². The lowest BCUT2D eigenvalue weighted by Crippen LogP contribution is -2.36. The molecule has 1 unspecified atom stereocenters. The summed E-state index contributed by atoms with van der Waals surface area (Å²) in [6.45, 7) is 0.394. The fourth-order valence-electron chi connectivity index (χ4n) is 4.29. The van der Waals surface area contributed by atoms with Gasteiger partial charge in [-0.15, -0.1) is 5.06 Å². The van der Waals surface area contributed by atoms with E-state index in [0.29, 0.717) is 6.42 Å². The molecule has 1 atom stereocenters. The number of ether oxygens (including phenoxy) is 1. The number of benzene rings is 2. The summed E-state index contributed by atoms with van der Waals surface area (Å²) in [5.74, 6) is -3.33. The molecule has 12 heteroatoms. The summed E-state index contributed by atoms with van der Waals surface area (Å²) in [6.07, 6.45) is -0.923. The maximum atomic E-state index is 12.2. The predicted octanol–water partition coefficient (Wildman–Crippen LogP) is 2.17. The van der Waals surface area contributed by atoms with Crippen LogP contribution in [0.25, 0.3) is 11.1 Å². The van der Waals surface area contributed by atoms with Crippen LogP contribution in [0.5, 0.6) is 0 Å². The molecule has 36 heavy (non-hydrogen) atoms. The molecule has 0 bridgehead atoms. The number of nitrogens with one attached hydrogen (secondary N) is 1. The second-order valence-electron chi connectivity index (χ2n) is 8.41. The quantitative estimate of drug-likeness (QED) is 0.290. The summed E-state index contributed by atoms with van der Waals surface area (Å²) >= 11 is 0. The molecule has 2 aliphatic rings. The van der Waals surface area contributed by atoms with Crippen LogP contribution >= 0.6 is 0 Å². The lowest BCUT2D eigenvalue weighted by Gasteiger charge is -2.15. The normalized spacial score (nSPS) is 17.0. The molecule has 0 saturated carbocycles. The van der Waals surface area contributed by atoms with Gasteiger partial charge in [0.1, 0.15) is 6.61 Å². The maximum Gasteiger partial charge on any atom is 0.407 e. The molecular formula is C24H24N2O9S. The van der Waals surface area contributed by atoms with Crippen molar-refractivity contribution in [2.24, 2.45) is 0 Å². The van der Waals surface area contributed by atoms with E-state index in [9.17, 15) is 27.6 Å². The van der Waals surface area contributed by atoms with E-state index >= 15 is 0 Å². The van der Waals surface area contributed by atoms with E-state index in [0.717, 1.165) is 22.3 Å². The van der Waals surface area contributed by atoms with E-state index in [2.05, 4.69) is 10.2 Å². The average molecular weight is 517 g/mol. The van der Waals surface area contributed by atoms with Crippen molar-refractivity contribution < 1.29 is 41.7 Å². The van der Waals surface area contributed by atoms with E-state index in [1.54, 1.807) is 0 Å². The largest absolute Gasteiger partial charge is 0.449 e. The zero-order valence-electron chi connectivity index (χ0n) is 19.1. The zero-order chi connectivity index (χ0) is 25.9. The molecule has 0 radical (unpaired) electrons.